The maximum Gasteiger partial charge on any atom is 0.293 e. The van der Waals surface area contributed by atoms with Crippen molar-refractivity contribution in [2.24, 2.45) is 0 Å². The molecule has 0 bridgehead atoms. The summed E-state index contributed by atoms with van der Waals surface area (Å²) in [6, 6.07) is 13.4. The van der Waals surface area contributed by atoms with Crippen LogP contribution in [0.5, 0.6) is 0 Å². The molecule has 0 aliphatic heterocycles. The lowest BCUT2D eigenvalue weighted by Gasteiger charge is -2.11. The molecule has 2 aromatic carbocycles. The van der Waals surface area contributed by atoms with Crippen LogP contribution >= 0.6 is 0 Å². The SMILES string of the molecule is CNC(=O)c1cccc([N+](=O)[O-])c1Nc1ccccc1. The van der Waals surface area contributed by atoms with Gasteiger partial charge in [-0.15, -0.1) is 0 Å². The van der Waals surface area contributed by atoms with Gasteiger partial charge in [-0.3, -0.25) is 14.9 Å². The van der Waals surface area contributed by atoms with Gasteiger partial charge in [0.1, 0.15) is 5.69 Å². The molecule has 0 fully saturated rings. The third-order valence-electron chi connectivity index (χ3n) is 2.75. The van der Waals surface area contributed by atoms with E-state index in [9.17, 15) is 14.9 Å². The largest absolute Gasteiger partial charge is 0.355 e. The van der Waals surface area contributed by atoms with Gasteiger partial charge >= 0.3 is 0 Å². The molecule has 0 aromatic heterocycles. The lowest BCUT2D eigenvalue weighted by molar-refractivity contribution is -0.383. The Kier molecular flexibility index (Phi) is 3.95. The lowest BCUT2D eigenvalue weighted by atomic mass is 10.1. The number of carbonyl (C=O) groups excluding carboxylic acids is 1. The van der Waals surface area contributed by atoms with Crippen molar-refractivity contribution in [2.45, 2.75) is 0 Å². The highest BCUT2D eigenvalue weighted by Crippen LogP contribution is 2.31. The first-order valence-corrected chi connectivity index (χ1v) is 5.95. The van der Waals surface area contributed by atoms with Gasteiger partial charge < -0.3 is 10.6 Å². The van der Waals surface area contributed by atoms with Crippen molar-refractivity contribution < 1.29 is 9.72 Å². The molecule has 0 atom stereocenters. The minimum atomic E-state index is -0.516. The number of hydrogen-bond acceptors (Lipinski definition) is 4. The van der Waals surface area contributed by atoms with Crippen LogP contribution in [0.1, 0.15) is 10.4 Å². The summed E-state index contributed by atoms with van der Waals surface area (Å²) < 4.78 is 0. The molecule has 2 rings (SSSR count). The van der Waals surface area contributed by atoms with Crippen molar-refractivity contribution in [3.8, 4) is 0 Å². The topological polar surface area (TPSA) is 84.3 Å². The molecule has 0 aliphatic carbocycles. The first-order chi connectivity index (χ1) is 9.63. The summed E-state index contributed by atoms with van der Waals surface area (Å²) in [6.45, 7) is 0. The first kappa shape index (κ1) is 13.5. The molecule has 0 saturated heterocycles. The number of nitro benzene ring substituents is 1. The van der Waals surface area contributed by atoms with Gasteiger partial charge in [0.2, 0.25) is 0 Å². The Bertz CT molecular complexity index is 641. The van der Waals surface area contributed by atoms with Gasteiger partial charge in [0.25, 0.3) is 11.6 Å². The average Bonchev–Trinajstić information content (AvgIpc) is 2.47. The van der Waals surface area contributed by atoms with Gasteiger partial charge in [0.15, 0.2) is 0 Å². The molecule has 0 spiro atoms. The fraction of sp³-hybridized carbons (Fsp3) is 0.0714. The molecule has 6 nitrogen and oxygen atoms in total. The van der Waals surface area contributed by atoms with Crippen LogP contribution < -0.4 is 10.6 Å². The lowest BCUT2D eigenvalue weighted by Crippen LogP contribution is -2.19. The molecule has 0 saturated carbocycles. The molecule has 0 aliphatic rings. The zero-order chi connectivity index (χ0) is 14.5. The molecular formula is C14H13N3O3. The zero-order valence-corrected chi connectivity index (χ0v) is 10.8. The first-order valence-electron chi connectivity index (χ1n) is 5.95. The second kappa shape index (κ2) is 5.83. The molecule has 1 amide bonds. The van der Waals surface area contributed by atoms with E-state index >= 15 is 0 Å². The van der Waals surface area contributed by atoms with Crippen LogP contribution in [0.4, 0.5) is 17.1 Å². The molecule has 102 valence electrons. The molecule has 0 heterocycles. The standard InChI is InChI=1S/C14H13N3O3/c1-15-14(18)11-8-5-9-12(17(19)20)13(11)16-10-6-3-2-4-7-10/h2-9,16H,1H3,(H,15,18). The van der Waals surface area contributed by atoms with Crippen LogP contribution in [0.15, 0.2) is 48.5 Å². The van der Waals surface area contributed by atoms with Crippen molar-refractivity contribution in [3.05, 3.63) is 64.2 Å². The number of nitro groups is 1. The van der Waals surface area contributed by atoms with Gasteiger partial charge in [0.05, 0.1) is 10.5 Å². The number of para-hydroxylation sites is 2. The maximum atomic E-state index is 11.8. The summed E-state index contributed by atoms with van der Waals surface area (Å²) in [5.41, 5.74) is 0.940. The van der Waals surface area contributed by atoms with Crippen LogP contribution in [0.2, 0.25) is 0 Å². The quantitative estimate of drug-likeness (QED) is 0.661. The number of rotatable bonds is 4. The predicted octanol–water partition coefficient (Wildman–Crippen LogP) is 2.70. The Balaban J connectivity index is 2.52. The minimum absolute atomic E-state index is 0.144. The number of benzene rings is 2. The van der Waals surface area contributed by atoms with Gasteiger partial charge in [-0.05, 0) is 18.2 Å². The summed E-state index contributed by atoms with van der Waals surface area (Å²) in [4.78, 5) is 22.4. The Labute approximate surface area is 115 Å². The summed E-state index contributed by atoms with van der Waals surface area (Å²) >= 11 is 0. The number of anilines is 2. The van der Waals surface area contributed by atoms with E-state index in [0.29, 0.717) is 5.69 Å². The van der Waals surface area contributed by atoms with Crippen molar-refractivity contribution in [1.29, 1.82) is 0 Å². The molecule has 6 heteroatoms. The fourth-order valence-corrected chi connectivity index (χ4v) is 1.81. The van der Waals surface area contributed by atoms with E-state index in [1.807, 2.05) is 6.07 Å². The van der Waals surface area contributed by atoms with E-state index in [1.54, 1.807) is 24.3 Å². The minimum Gasteiger partial charge on any atom is -0.355 e. The molecule has 2 aromatic rings. The number of nitrogens with one attached hydrogen (secondary N) is 2. The Morgan fingerprint density at radius 3 is 2.40 bits per heavy atom. The van der Waals surface area contributed by atoms with Gasteiger partial charge in [-0.25, -0.2) is 0 Å². The molecule has 0 radical (unpaired) electrons. The third-order valence-corrected chi connectivity index (χ3v) is 2.75. The van der Waals surface area contributed by atoms with Gasteiger partial charge in [0, 0.05) is 18.8 Å². The van der Waals surface area contributed by atoms with Crippen LogP contribution in [-0.4, -0.2) is 17.9 Å². The van der Waals surface area contributed by atoms with Gasteiger partial charge in [-0.2, -0.15) is 0 Å². The Morgan fingerprint density at radius 1 is 1.10 bits per heavy atom. The van der Waals surface area contributed by atoms with Crippen molar-refractivity contribution in [1.82, 2.24) is 5.32 Å². The Morgan fingerprint density at radius 2 is 1.80 bits per heavy atom. The number of hydrogen-bond donors (Lipinski definition) is 2. The highest BCUT2D eigenvalue weighted by atomic mass is 16.6. The molecule has 20 heavy (non-hydrogen) atoms. The normalized spacial score (nSPS) is 9.85. The Hall–Kier alpha value is -2.89. The predicted molar refractivity (Wildman–Crippen MR) is 76.2 cm³/mol. The average molecular weight is 271 g/mol. The van der Waals surface area contributed by atoms with E-state index in [1.165, 1.54) is 25.2 Å². The van der Waals surface area contributed by atoms with Crippen LogP contribution in [0.25, 0.3) is 0 Å². The second-order valence-electron chi connectivity index (χ2n) is 4.03. The highest BCUT2D eigenvalue weighted by molar-refractivity contribution is 6.02. The smallest absolute Gasteiger partial charge is 0.293 e. The zero-order valence-electron chi connectivity index (χ0n) is 10.8. The summed E-state index contributed by atoms with van der Waals surface area (Å²) in [6.07, 6.45) is 0. The molecule has 2 N–H and O–H groups in total. The van der Waals surface area contributed by atoms with Crippen molar-refractivity contribution in [3.63, 3.8) is 0 Å². The third kappa shape index (κ3) is 2.74. The number of nitrogens with zero attached hydrogens (tertiary/aromatic N) is 1. The fourth-order valence-electron chi connectivity index (χ4n) is 1.81. The monoisotopic (exact) mass is 271 g/mol. The number of amides is 1. The summed E-state index contributed by atoms with van der Waals surface area (Å²) in [7, 11) is 1.48. The van der Waals surface area contributed by atoms with E-state index in [2.05, 4.69) is 10.6 Å². The van der Waals surface area contributed by atoms with Crippen LogP contribution in [0.3, 0.4) is 0 Å². The van der Waals surface area contributed by atoms with E-state index in [0.717, 1.165) is 0 Å². The van der Waals surface area contributed by atoms with Crippen molar-refractivity contribution in [2.75, 3.05) is 12.4 Å². The second-order valence-corrected chi connectivity index (χ2v) is 4.03. The maximum absolute atomic E-state index is 11.8. The summed E-state index contributed by atoms with van der Waals surface area (Å²) in [5, 5.41) is 16.5. The van der Waals surface area contributed by atoms with Crippen molar-refractivity contribution >= 4 is 23.0 Å². The number of carbonyl (C=O) groups is 1. The summed E-state index contributed by atoms with van der Waals surface area (Å²) in [5.74, 6) is -0.382. The van der Waals surface area contributed by atoms with Crippen LogP contribution in [0, 0.1) is 10.1 Å². The van der Waals surface area contributed by atoms with E-state index in [4.69, 9.17) is 0 Å². The molecule has 0 unspecified atom stereocenters. The highest BCUT2D eigenvalue weighted by Gasteiger charge is 2.21. The van der Waals surface area contributed by atoms with Gasteiger partial charge in [-0.1, -0.05) is 24.3 Å². The molecular weight excluding hydrogens is 258 g/mol. The van der Waals surface area contributed by atoms with E-state index in [-0.39, 0.29) is 22.8 Å². The van der Waals surface area contributed by atoms with E-state index < -0.39 is 4.92 Å². The van der Waals surface area contributed by atoms with Crippen LogP contribution in [-0.2, 0) is 0 Å².